The largest absolute Gasteiger partial charge is 0.465 e. The highest BCUT2D eigenvalue weighted by Crippen LogP contribution is 2.43. The molecule has 1 fully saturated rings. The Hall–Kier alpha value is -1.55. The molecule has 110 valence electrons. The second-order valence-electron chi connectivity index (χ2n) is 5.90. The molecule has 4 nitrogen and oxygen atoms in total. The summed E-state index contributed by atoms with van der Waals surface area (Å²) in [6.07, 6.45) is 1.57. The van der Waals surface area contributed by atoms with Crippen molar-refractivity contribution in [2.24, 2.45) is 0 Å². The highest BCUT2D eigenvalue weighted by molar-refractivity contribution is 5.67. The molecule has 0 bridgehead atoms. The van der Waals surface area contributed by atoms with Crippen LogP contribution in [0.15, 0.2) is 30.3 Å². The maximum atomic E-state index is 11.5. The Morgan fingerprint density at radius 3 is 2.55 bits per heavy atom. The lowest BCUT2D eigenvalue weighted by Gasteiger charge is -2.43. The van der Waals surface area contributed by atoms with Crippen molar-refractivity contribution in [2.45, 2.75) is 50.7 Å². The highest BCUT2D eigenvalue weighted by atomic mass is 16.4. The zero-order valence-corrected chi connectivity index (χ0v) is 12.2. The molecule has 1 saturated heterocycles. The van der Waals surface area contributed by atoms with Crippen LogP contribution in [-0.2, 0) is 6.42 Å². The molecule has 1 aromatic carbocycles. The van der Waals surface area contributed by atoms with Crippen LogP contribution >= 0.6 is 0 Å². The van der Waals surface area contributed by atoms with Gasteiger partial charge in [0, 0.05) is 6.54 Å². The van der Waals surface area contributed by atoms with Gasteiger partial charge in [0.25, 0.3) is 0 Å². The van der Waals surface area contributed by atoms with Gasteiger partial charge in [-0.3, -0.25) is 4.90 Å². The van der Waals surface area contributed by atoms with Crippen molar-refractivity contribution in [1.82, 2.24) is 4.90 Å². The number of benzene rings is 1. The lowest BCUT2D eigenvalue weighted by atomic mass is 9.75. The number of aliphatic hydroxyl groups is 1. The predicted molar refractivity (Wildman–Crippen MR) is 77.8 cm³/mol. The summed E-state index contributed by atoms with van der Waals surface area (Å²) in [5, 5.41) is 20.4. The third-order valence-electron chi connectivity index (χ3n) is 4.63. The maximum absolute atomic E-state index is 11.5. The molecule has 20 heavy (non-hydrogen) atoms. The Bertz CT molecular complexity index is 476. The lowest BCUT2D eigenvalue weighted by molar-refractivity contribution is -0.0541. The molecular formula is C16H23NO3. The number of carbonyl (C=O) groups is 1. The standard InChI is InChI=1S/C16H23NO3/c1-3-9-16(20)10-11-17(14(18)19)15(16,2)12-13-7-5-4-6-8-13/h4-8,20H,3,9-12H2,1-2H3,(H,18,19)/t15-,16-/m0/s1. The number of rotatable bonds is 4. The SMILES string of the molecule is CCC[C@]1(O)CCN(C(=O)O)[C@@]1(C)Cc1ccccc1. The third kappa shape index (κ3) is 2.40. The fourth-order valence-corrected chi connectivity index (χ4v) is 3.43. The Labute approximate surface area is 120 Å². The number of likely N-dealkylation sites (tertiary alicyclic amines) is 1. The summed E-state index contributed by atoms with van der Waals surface area (Å²) in [6, 6.07) is 9.79. The van der Waals surface area contributed by atoms with E-state index in [1.54, 1.807) is 0 Å². The van der Waals surface area contributed by atoms with E-state index in [0.717, 1.165) is 12.0 Å². The molecule has 1 aliphatic heterocycles. The molecule has 1 aliphatic rings. The molecule has 1 aromatic rings. The molecule has 0 spiro atoms. The molecule has 4 heteroatoms. The van der Waals surface area contributed by atoms with Gasteiger partial charge in [0.15, 0.2) is 0 Å². The van der Waals surface area contributed by atoms with Crippen LogP contribution in [0.5, 0.6) is 0 Å². The van der Waals surface area contributed by atoms with Gasteiger partial charge in [0.05, 0.1) is 11.1 Å². The van der Waals surface area contributed by atoms with Gasteiger partial charge in [-0.15, -0.1) is 0 Å². The van der Waals surface area contributed by atoms with E-state index in [4.69, 9.17) is 0 Å². The van der Waals surface area contributed by atoms with Crippen LogP contribution in [0.1, 0.15) is 38.7 Å². The fraction of sp³-hybridized carbons (Fsp3) is 0.562. The third-order valence-corrected chi connectivity index (χ3v) is 4.63. The van der Waals surface area contributed by atoms with Crippen LogP contribution in [0.3, 0.4) is 0 Å². The van der Waals surface area contributed by atoms with Crippen molar-refractivity contribution < 1.29 is 15.0 Å². The second kappa shape index (κ2) is 5.44. The Morgan fingerprint density at radius 1 is 1.35 bits per heavy atom. The van der Waals surface area contributed by atoms with Crippen molar-refractivity contribution in [3.8, 4) is 0 Å². The topological polar surface area (TPSA) is 60.8 Å². The van der Waals surface area contributed by atoms with E-state index in [2.05, 4.69) is 0 Å². The number of hydrogen-bond acceptors (Lipinski definition) is 2. The van der Waals surface area contributed by atoms with Crippen LogP contribution < -0.4 is 0 Å². The molecule has 1 heterocycles. The van der Waals surface area contributed by atoms with Crippen LogP contribution in [-0.4, -0.2) is 38.9 Å². The number of nitrogens with zero attached hydrogens (tertiary/aromatic N) is 1. The predicted octanol–water partition coefficient (Wildman–Crippen LogP) is 2.90. The van der Waals surface area contributed by atoms with Crippen LogP contribution in [0, 0.1) is 0 Å². The van der Waals surface area contributed by atoms with Gasteiger partial charge < -0.3 is 10.2 Å². The minimum Gasteiger partial charge on any atom is -0.465 e. The van der Waals surface area contributed by atoms with Crippen molar-refractivity contribution in [3.05, 3.63) is 35.9 Å². The first kappa shape index (κ1) is 14.9. The summed E-state index contributed by atoms with van der Waals surface area (Å²) in [4.78, 5) is 12.9. The molecule has 0 aromatic heterocycles. The van der Waals surface area contributed by atoms with Gasteiger partial charge in [-0.2, -0.15) is 0 Å². The van der Waals surface area contributed by atoms with Crippen molar-refractivity contribution in [3.63, 3.8) is 0 Å². The van der Waals surface area contributed by atoms with E-state index < -0.39 is 17.2 Å². The molecule has 0 radical (unpaired) electrons. The fourth-order valence-electron chi connectivity index (χ4n) is 3.43. The zero-order valence-electron chi connectivity index (χ0n) is 12.2. The molecule has 2 N–H and O–H groups in total. The maximum Gasteiger partial charge on any atom is 0.407 e. The molecule has 2 atom stereocenters. The summed E-state index contributed by atoms with van der Waals surface area (Å²) in [5.41, 5.74) is -0.663. The number of hydrogen-bond donors (Lipinski definition) is 2. The Balaban J connectivity index is 2.35. The van der Waals surface area contributed by atoms with Crippen LogP contribution in [0.25, 0.3) is 0 Å². The lowest BCUT2D eigenvalue weighted by Crippen LogP contribution is -2.58. The van der Waals surface area contributed by atoms with Gasteiger partial charge in [0.2, 0.25) is 0 Å². The average Bonchev–Trinajstić information content (AvgIpc) is 2.63. The molecule has 1 amide bonds. The summed E-state index contributed by atoms with van der Waals surface area (Å²) in [5.74, 6) is 0. The normalized spacial score (nSPS) is 29.6. The molecule has 0 aliphatic carbocycles. The number of carboxylic acid groups (broad SMARTS) is 1. The van der Waals surface area contributed by atoms with Crippen LogP contribution in [0.4, 0.5) is 4.79 Å². The van der Waals surface area contributed by atoms with Crippen molar-refractivity contribution in [1.29, 1.82) is 0 Å². The van der Waals surface area contributed by atoms with Crippen molar-refractivity contribution >= 4 is 6.09 Å². The first-order valence-corrected chi connectivity index (χ1v) is 7.20. The molecular weight excluding hydrogens is 254 g/mol. The van der Waals surface area contributed by atoms with E-state index in [1.807, 2.05) is 44.2 Å². The van der Waals surface area contributed by atoms with Crippen LogP contribution in [0.2, 0.25) is 0 Å². The summed E-state index contributed by atoms with van der Waals surface area (Å²) >= 11 is 0. The molecule has 2 rings (SSSR count). The minimum absolute atomic E-state index is 0.398. The smallest absolute Gasteiger partial charge is 0.407 e. The first-order chi connectivity index (χ1) is 9.43. The molecule has 0 saturated carbocycles. The van der Waals surface area contributed by atoms with E-state index >= 15 is 0 Å². The number of amides is 1. The monoisotopic (exact) mass is 277 g/mol. The van der Waals surface area contributed by atoms with Gasteiger partial charge in [0.1, 0.15) is 0 Å². The average molecular weight is 277 g/mol. The zero-order chi connectivity index (χ0) is 14.8. The van der Waals surface area contributed by atoms with Gasteiger partial charge in [-0.05, 0) is 31.7 Å². The Morgan fingerprint density at radius 2 is 2.00 bits per heavy atom. The highest BCUT2D eigenvalue weighted by Gasteiger charge is 2.56. The van der Waals surface area contributed by atoms with E-state index in [1.165, 1.54) is 4.90 Å². The van der Waals surface area contributed by atoms with Gasteiger partial charge in [-0.1, -0.05) is 43.7 Å². The summed E-state index contributed by atoms with van der Waals surface area (Å²) in [7, 11) is 0. The van der Waals surface area contributed by atoms with Crippen molar-refractivity contribution in [2.75, 3.05) is 6.54 Å². The summed E-state index contributed by atoms with van der Waals surface area (Å²) in [6.45, 7) is 4.29. The van der Waals surface area contributed by atoms with E-state index in [0.29, 0.717) is 25.8 Å². The minimum atomic E-state index is -0.949. The molecule has 0 unspecified atom stereocenters. The van der Waals surface area contributed by atoms with E-state index in [-0.39, 0.29) is 0 Å². The van der Waals surface area contributed by atoms with Gasteiger partial charge >= 0.3 is 6.09 Å². The second-order valence-corrected chi connectivity index (χ2v) is 5.90. The van der Waals surface area contributed by atoms with Gasteiger partial charge in [-0.25, -0.2) is 4.79 Å². The first-order valence-electron chi connectivity index (χ1n) is 7.20. The van der Waals surface area contributed by atoms with E-state index in [9.17, 15) is 15.0 Å². The summed E-state index contributed by atoms with van der Waals surface area (Å²) < 4.78 is 0. The Kier molecular flexibility index (Phi) is 4.04. The quantitative estimate of drug-likeness (QED) is 0.889.